The number of aromatic nitrogens is 2. The molecule has 0 saturated heterocycles. The molecule has 0 amide bonds. The number of H-pyrrole nitrogens is 1. The van der Waals surface area contributed by atoms with Gasteiger partial charge in [0.05, 0.1) is 16.4 Å². The molecule has 0 spiro atoms. The van der Waals surface area contributed by atoms with Gasteiger partial charge in [-0.2, -0.15) is 0 Å². The van der Waals surface area contributed by atoms with Crippen molar-refractivity contribution >= 4 is 17.0 Å². The number of rotatable bonds is 2. The van der Waals surface area contributed by atoms with Crippen LogP contribution in [0.2, 0.25) is 0 Å². The summed E-state index contributed by atoms with van der Waals surface area (Å²) < 4.78 is 5.37. The Kier molecular flexibility index (Phi) is 3.68. The van der Waals surface area contributed by atoms with Crippen LogP contribution in [-0.4, -0.2) is 15.9 Å². The molecule has 0 fully saturated rings. The van der Waals surface area contributed by atoms with Gasteiger partial charge in [0, 0.05) is 5.56 Å². The molecule has 23 heavy (non-hydrogen) atoms. The van der Waals surface area contributed by atoms with E-state index in [9.17, 15) is 4.79 Å². The van der Waals surface area contributed by atoms with Crippen molar-refractivity contribution in [3.05, 3.63) is 48.0 Å². The molecule has 1 aromatic heterocycles. The molecule has 0 radical (unpaired) electrons. The predicted molar refractivity (Wildman–Crippen MR) is 91.4 cm³/mol. The molecule has 4 nitrogen and oxygen atoms in total. The van der Waals surface area contributed by atoms with Crippen molar-refractivity contribution in [1.82, 2.24) is 9.97 Å². The summed E-state index contributed by atoms with van der Waals surface area (Å²) in [6.45, 7) is 7.55. The van der Waals surface area contributed by atoms with Crippen LogP contribution in [0.15, 0.2) is 42.5 Å². The van der Waals surface area contributed by atoms with E-state index in [0.29, 0.717) is 5.75 Å². The van der Waals surface area contributed by atoms with Crippen molar-refractivity contribution < 1.29 is 9.53 Å². The van der Waals surface area contributed by atoms with E-state index < -0.39 is 5.41 Å². The van der Waals surface area contributed by atoms with E-state index in [4.69, 9.17) is 4.74 Å². The highest BCUT2D eigenvalue weighted by Gasteiger charge is 2.23. The van der Waals surface area contributed by atoms with Crippen LogP contribution in [0, 0.1) is 12.3 Å². The highest BCUT2D eigenvalue weighted by Crippen LogP contribution is 2.25. The summed E-state index contributed by atoms with van der Waals surface area (Å²) in [5, 5.41) is 0. The second kappa shape index (κ2) is 5.54. The van der Waals surface area contributed by atoms with Gasteiger partial charge in [-0.3, -0.25) is 4.79 Å². The molecular formula is C19H20N2O2. The molecule has 3 rings (SSSR count). The number of nitrogens with one attached hydrogen (secondary N) is 1. The van der Waals surface area contributed by atoms with Crippen LogP contribution in [0.4, 0.5) is 0 Å². The van der Waals surface area contributed by atoms with Crippen LogP contribution in [0.3, 0.4) is 0 Å². The molecule has 0 aliphatic rings. The fraction of sp³-hybridized carbons (Fsp3) is 0.263. The molecule has 0 aliphatic carbocycles. The minimum atomic E-state index is -0.519. The SMILES string of the molecule is Cc1ccc2nc(-c3ccc(OC(=O)C(C)(C)C)cc3)[nH]c2c1. The van der Waals surface area contributed by atoms with Crippen LogP contribution in [0.5, 0.6) is 5.75 Å². The number of carbonyl (C=O) groups excluding carboxylic acids is 1. The van der Waals surface area contributed by atoms with Crippen molar-refractivity contribution in [2.24, 2.45) is 5.41 Å². The fourth-order valence-electron chi connectivity index (χ4n) is 2.20. The normalized spacial score (nSPS) is 11.7. The molecule has 1 heterocycles. The van der Waals surface area contributed by atoms with Crippen molar-refractivity contribution in [3.8, 4) is 17.1 Å². The standard InChI is InChI=1S/C19H20N2O2/c1-12-5-10-15-16(11-12)21-17(20-15)13-6-8-14(9-7-13)23-18(22)19(2,3)4/h5-11H,1-4H3,(H,20,21). The number of aryl methyl sites for hydroxylation is 1. The summed E-state index contributed by atoms with van der Waals surface area (Å²) >= 11 is 0. The van der Waals surface area contributed by atoms with Gasteiger partial charge in [0.25, 0.3) is 0 Å². The van der Waals surface area contributed by atoms with E-state index in [1.807, 2.05) is 45.0 Å². The Morgan fingerprint density at radius 2 is 1.78 bits per heavy atom. The molecule has 4 heteroatoms. The lowest BCUT2D eigenvalue weighted by atomic mass is 9.97. The fourth-order valence-corrected chi connectivity index (χ4v) is 2.20. The topological polar surface area (TPSA) is 55.0 Å². The molecule has 0 atom stereocenters. The number of hydrogen-bond donors (Lipinski definition) is 1. The quantitative estimate of drug-likeness (QED) is 0.560. The zero-order chi connectivity index (χ0) is 16.6. The number of hydrogen-bond acceptors (Lipinski definition) is 3. The maximum absolute atomic E-state index is 11.9. The number of aromatic amines is 1. The Labute approximate surface area is 135 Å². The number of fused-ring (bicyclic) bond motifs is 1. The highest BCUT2D eigenvalue weighted by atomic mass is 16.5. The van der Waals surface area contributed by atoms with E-state index in [1.165, 1.54) is 5.56 Å². The van der Waals surface area contributed by atoms with E-state index in [-0.39, 0.29) is 5.97 Å². The van der Waals surface area contributed by atoms with Crippen molar-refractivity contribution in [1.29, 1.82) is 0 Å². The number of ether oxygens (including phenoxy) is 1. The lowest BCUT2D eigenvalue weighted by Gasteiger charge is -2.16. The molecule has 2 aromatic carbocycles. The Bertz CT molecular complexity index is 855. The Hall–Kier alpha value is -2.62. The van der Waals surface area contributed by atoms with Gasteiger partial charge >= 0.3 is 5.97 Å². The van der Waals surface area contributed by atoms with E-state index >= 15 is 0 Å². The summed E-state index contributed by atoms with van der Waals surface area (Å²) in [6.07, 6.45) is 0. The molecule has 0 bridgehead atoms. The van der Waals surface area contributed by atoms with Gasteiger partial charge in [-0.15, -0.1) is 0 Å². The first-order valence-corrected chi connectivity index (χ1v) is 7.62. The molecule has 0 unspecified atom stereocenters. The molecule has 1 N–H and O–H groups in total. The Morgan fingerprint density at radius 1 is 1.09 bits per heavy atom. The summed E-state index contributed by atoms with van der Waals surface area (Å²) in [4.78, 5) is 19.8. The zero-order valence-electron chi connectivity index (χ0n) is 13.8. The van der Waals surface area contributed by atoms with E-state index in [1.54, 1.807) is 12.1 Å². The van der Waals surface area contributed by atoms with Gasteiger partial charge in [-0.05, 0) is 69.7 Å². The summed E-state index contributed by atoms with van der Waals surface area (Å²) in [6, 6.07) is 13.5. The largest absolute Gasteiger partial charge is 0.426 e. The predicted octanol–water partition coefficient (Wildman–Crippen LogP) is 4.49. The maximum Gasteiger partial charge on any atom is 0.316 e. The van der Waals surface area contributed by atoms with Gasteiger partial charge in [0.1, 0.15) is 11.6 Å². The van der Waals surface area contributed by atoms with Gasteiger partial charge in [-0.25, -0.2) is 4.98 Å². The van der Waals surface area contributed by atoms with Crippen molar-refractivity contribution in [2.75, 3.05) is 0 Å². The van der Waals surface area contributed by atoms with Crippen LogP contribution < -0.4 is 4.74 Å². The van der Waals surface area contributed by atoms with Gasteiger partial charge < -0.3 is 9.72 Å². The number of carbonyl (C=O) groups is 1. The molecule has 0 aliphatic heterocycles. The molecule has 0 saturated carbocycles. The van der Waals surface area contributed by atoms with Gasteiger partial charge in [0.15, 0.2) is 0 Å². The van der Waals surface area contributed by atoms with Crippen LogP contribution >= 0.6 is 0 Å². The zero-order valence-corrected chi connectivity index (χ0v) is 13.8. The monoisotopic (exact) mass is 308 g/mol. The first-order chi connectivity index (χ1) is 10.8. The summed E-state index contributed by atoms with van der Waals surface area (Å²) in [5.74, 6) is 1.10. The molecule has 3 aromatic rings. The number of esters is 1. The van der Waals surface area contributed by atoms with Crippen LogP contribution in [0.1, 0.15) is 26.3 Å². The van der Waals surface area contributed by atoms with Gasteiger partial charge in [0.2, 0.25) is 0 Å². The third-order valence-electron chi connectivity index (χ3n) is 3.59. The first kappa shape index (κ1) is 15.3. The molecule has 118 valence electrons. The van der Waals surface area contributed by atoms with Crippen molar-refractivity contribution in [2.45, 2.75) is 27.7 Å². The number of nitrogens with zero attached hydrogens (tertiary/aromatic N) is 1. The molecular weight excluding hydrogens is 288 g/mol. The summed E-state index contributed by atoms with van der Waals surface area (Å²) in [7, 11) is 0. The highest BCUT2D eigenvalue weighted by molar-refractivity contribution is 5.80. The van der Waals surface area contributed by atoms with Crippen molar-refractivity contribution in [3.63, 3.8) is 0 Å². The maximum atomic E-state index is 11.9. The van der Waals surface area contributed by atoms with Crippen LogP contribution in [-0.2, 0) is 4.79 Å². The number of imidazole rings is 1. The minimum absolute atomic E-state index is 0.246. The third-order valence-corrected chi connectivity index (χ3v) is 3.59. The third kappa shape index (κ3) is 3.26. The minimum Gasteiger partial charge on any atom is -0.426 e. The first-order valence-electron chi connectivity index (χ1n) is 7.62. The lowest BCUT2D eigenvalue weighted by molar-refractivity contribution is -0.142. The Morgan fingerprint density at radius 3 is 2.43 bits per heavy atom. The second-order valence-electron chi connectivity index (χ2n) is 6.77. The average molecular weight is 308 g/mol. The average Bonchev–Trinajstić information content (AvgIpc) is 2.90. The summed E-state index contributed by atoms with van der Waals surface area (Å²) in [5.41, 5.74) is 3.58. The smallest absolute Gasteiger partial charge is 0.316 e. The van der Waals surface area contributed by atoms with Crippen LogP contribution in [0.25, 0.3) is 22.4 Å². The Balaban J connectivity index is 1.85. The van der Waals surface area contributed by atoms with E-state index in [0.717, 1.165) is 22.4 Å². The van der Waals surface area contributed by atoms with E-state index in [2.05, 4.69) is 23.0 Å². The van der Waals surface area contributed by atoms with Gasteiger partial charge in [-0.1, -0.05) is 6.07 Å². The number of benzene rings is 2. The second-order valence-corrected chi connectivity index (χ2v) is 6.77. The lowest BCUT2D eigenvalue weighted by Crippen LogP contribution is -2.25.